The predicted molar refractivity (Wildman–Crippen MR) is 65.0 cm³/mol. The number of hydrogen-bond donors (Lipinski definition) is 2. The first-order chi connectivity index (χ1) is 6.87. The van der Waals surface area contributed by atoms with Crippen LogP contribution < -0.4 is 5.73 Å². The molecule has 0 aromatic carbocycles. The summed E-state index contributed by atoms with van der Waals surface area (Å²) in [6.45, 7) is 5.20. The molecule has 0 heterocycles. The highest BCUT2D eigenvalue weighted by atomic mass is 16.3. The minimum Gasteiger partial charge on any atom is -0.389 e. The fourth-order valence-corrected chi connectivity index (χ4v) is 1.30. The SMILES string of the molecule is CN(C)CCCN(C)CCC(C)(O)CN. The van der Waals surface area contributed by atoms with Gasteiger partial charge in [0, 0.05) is 13.1 Å². The van der Waals surface area contributed by atoms with Gasteiger partial charge in [-0.3, -0.25) is 0 Å². The molecule has 0 rings (SSSR count). The summed E-state index contributed by atoms with van der Waals surface area (Å²) < 4.78 is 0. The van der Waals surface area contributed by atoms with Crippen molar-refractivity contribution < 1.29 is 5.11 Å². The van der Waals surface area contributed by atoms with Crippen molar-refractivity contribution in [1.82, 2.24) is 9.80 Å². The smallest absolute Gasteiger partial charge is 0.0753 e. The van der Waals surface area contributed by atoms with E-state index in [2.05, 4.69) is 30.9 Å². The van der Waals surface area contributed by atoms with Crippen molar-refractivity contribution in [3.05, 3.63) is 0 Å². The van der Waals surface area contributed by atoms with E-state index in [1.807, 2.05) is 0 Å². The highest BCUT2D eigenvalue weighted by Crippen LogP contribution is 2.07. The molecule has 0 aliphatic heterocycles. The first-order valence-electron chi connectivity index (χ1n) is 5.63. The quantitative estimate of drug-likeness (QED) is 0.599. The third-order valence-electron chi connectivity index (χ3n) is 2.62. The van der Waals surface area contributed by atoms with Crippen LogP contribution in [0.1, 0.15) is 19.8 Å². The van der Waals surface area contributed by atoms with Gasteiger partial charge >= 0.3 is 0 Å². The molecule has 0 fully saturated rings. The van der Waals surface area contributed by atoms with Crippen molar-refractivity contribution in [1.29, 1.82) is 0 Å². The lowest BCUT2D eigenvalue weighted by Gasteiger charge is -2.25. The van der Waals surface area contributed by atoms with Crippen LogP contribution in [0, 0.1) is 0 Å². The van der Waals surface area contributed by atoms with Gasteiger partial charge in [0.25, 0.3) is 0 Å². The molecule has 0 aromatic heterocycles. The molecule has 0 saturated heterocycles. The van der Waals surface area contributed by atoms with Gasteiger partial charge in [0.05, 0.1) is 5.60 Å². The summed E-state index contributed by atoms with van der Waals surface area (Å²) >= 11 is 0. The van der Waals surface area contributed by atoms with Gasteiger partial charge in [-0.05, 0) is 54.0 Å². The maximum Gasteiger partial charge on any atom is 0.0753 e. The molecule has 92 valence electrons. The summed E-state index contributed by atoms with van der Waals surface area (Å²) in [7, 11) is 6.25. The lowest BCUT2D eigenvalue weighted by Crippen LogP contribution is -2.38. The van der Waals surface area contributed by atoms with E-state index in [4.69, 9.17) is 5.73 Å². The second-order valence-electron chi connectivity index (χ2n) is 4.91. The molecular formula is C11H27N3O. The third kappa shape index (κ3) is 8.81. The van der Waals surface area contributed by atoms with Gasteiger partial charge in [-0.25, -0.2) is 0 Å². The molecule has 0 aromatic rings. The Morgan fingerprint density at radius 3 is 2.20 bits per heavy atom. The summed E-state index contributed by atoms with van der Waals surface area (Å²) in [5, 5.41) is 9.73. The van der Waals surface area contributed by atoms with Crippen LogP contribution in [0.5, 0.6) is 0 Å². The van der Waals surface area contributed by atoms with Gasteiger partial charge in [0.2, 0.25) is 0 Å². The van der Waals surface area contributed by atoms with Crippen molar-refractivity contribution >= 4 is 0 Å². The molecule has 4 heteroatoms. The molecule has 1 atom stereocenters. The minimum absolute atomic E-state index is 0.332. The molecule has 0 radical (unpaired) electrons. The second kappa shape index (κ2) is 7.17. The number of aliphatic hydroxyl groups is 1. The van der Waals surface area contributed by atoms with E-state index in [0.717, 1.165) is 32.5 Å². The Balaban J connectivity index is 3.53. The van der Waals surface area contributed by atoms with Crippen molar-refractivity contribution in [2.75, 3.05) is 47.3 Å². The molecule has 0 amide bonds. The Labute approximate surface area is 94.0 Å². The molecule has 0 aliphatic rings. The summed E-state index contributed by atoms with van der Waals surface area (Å²) in [5.74, 6) is 0. The van der Waals surface area contributed by atoms with Crippen LogP contribution in [0.4, 0.5) is 0 Å². The molecular weight excluding hydrogens is 190 g/mol. The standard InChI is InChI=1S/C11H27N3O/c1-11(15,10-12)6-9-14(4)8-5-7-13(2)3/h15H,5-10,12H2,1-4H3. The van der Waals surface area contributed by atoms with Gasteiger partial charge < -0.3 is 20.6 Å². The monoisotopic (exact) mass is 217 g/mol. The normalized spacial score (nSPS) is 16.0. The Kier molecular flexibility index (Phi) is 7.09. The van der Waals surface area contributed by atoms with Crippen LogP contribution in [0.2, 0.25) is 0 Å². The van der Waals surface area contributed by atoms with E-state index >= 15 is 0 Å². The summed E-state index contributed by atoms with van der Waals surface area (Å²) in [6, 6.07) is 0. The summed E-state index contributed by atoms with van der Waals surface area (Å²) in [5.41, 5.74) is 4.74. The molecule has 0 bridgehead atoms. The van der Waals surface area contributed by atoms with Crippen LogP contribution >= 0.6 is 0 Å². The molecule has 1 unspecified atom stereocenters. The fourth-order valence-electron chi connectivity index (χ4n) is 1.30. The van der Waals surface area contributed by atoms with Crippen LogP contribution in [-0.4, -0.2) is 67.8 Å². The zero-order valence-corrected chi connectivity index (χ0v) is 10.7. The van der Waals surface area contributed by atoms with E-state index < -0.39 is 5.60 Å². The van der Waals surface area contributed by atoms with Gasteiger partial charge in [-0.2, -0.15) is 0 Å². The Morgan fingerprint density at radius 1 is 1.13 bits per heavy atom. The van der Waals surface area contributed by atoms with Gasteiger partial charge in [-0.15, -0.1) is 0 Å². The maximum absolute atomic E-state index is 9.73. The highest BCUT2D eigenvalue weighted by molar-refractivity contribution is 4.74. The second-order valence-corrected chi connectivity index (χ2v) is 4.91. The van der Waals surface area contributed by atoms with Crippen molar-refractivity contribution in [2.45, 2.75) is 25.4 Å². The molecule has 0 spiro atoms. The number of nitrogens with zero attached hydrogens (tertiary/aromatic N) is 2. The van der Waals surface area contributed by atoms with Gasteiger partial charge in [0.15, 0.2) is 0 Å². The lowest BCUT2D eigenvalue weighted by atomic mass is 10.0. The third-order valence-corrected chi connectivity index (χ3v) is 2.62. The molecule has 4 nitrogen and oxygen atoms in total. The van der Waals surface area contributed by atoms with E-state index in [-0.39, 0.29) is 0 Å². The van der Waals surface area contributed by atoms with E-state index in [9.17, 15) is 5.11 Å². The van der Waals surface area contributed by atoms with E-state index in [1.54, 1.807) is 6.92 Å². The predicted octanol–water partition coefficient (Wildman–Crippen LogP) is -0.0303. The minimum atomic E-state index is -0.712. The molecule has 0 aliphatic carbocycles. The zero-order chi connectivity index (χ0) is 11.9. The first kappa shape index (κ1) is 14.8. The fraction of sp³-hybridized carbons (Fsp3) is 1.00. The zero-order valence-electron chi connectivity index (χ0n) is 10.7. The lowest BCUT2D eigenvalue weighted by molar-refractivity contribution is 0.0502. The Morgan fingerprint density at radius 2 is 1.73 bits per heavy atom. The van der Waals surface area contributed by atoms with Crippen LogP contribution in [0.15, 0.2) is 0 Å². The number of rotatable bonds is 8. The topological polar surface area (TPSA) is 52.7 Å². The average Bonchev–Trinajstić information content (AvgIpc) is 2.14. The van der Waals surface area contributed by atoms with E-state index in [1.165, 1.54) is 0 Å². The van der Waals surface area contributed by atoms with Crippen molar-refractivity contribution in [3.63, 3.8) is 0 Å². The number of hydrogen-bond acceptors (Lipinski definition) is 4. The van der Waals surface area contributed by atoms with E-state index in [0.29, 0.717) is 6.54 Å². The van der Waals surface area contributed by atoms with Crippen LogP contribution in [0.25, 0.3) is 0 Å². The Bertz CT molecular complexity index is 160. The molecule has 3 N–H and O–H groups in total. The summed E-state index contributed by atoms with van der Waals surface area (Å²) in [4.78, 5) is 4.43. The first-order valence-corrected chi connectivity index (χ1v) is 5.63. The number of nitrogens with two attached hydrogens (primary N) is 1. The summed E-state index contributed by atoms with van der Waals surface area (Å²) in [6.07, 6.45) is 1.90. The largest absolute Gasteiger partial charge is 0.389 e. The van der Waals surface area contributed by atoms with Crippen LogP contribution in [0.3, 0.4) is 0 Å². The maximum atomic E-state index is 9.73. The Hall–Kier alpha value is -0.160. The van der Waals surface area contributed by atoms with Crippen LogP contribution in [-0.2, 0) is 0 Å². The van der Waals surface area contributed by atoms with Crippen molar-refractivity contribution in [2.24, 2.45) is 5.73 Å². The molecule has 15 heavy (non-hydrogen) atoms. The van der Waals surface area contributed by atoms with Crippen molar-refractivity contribution in [3.8, 4) is 0 Å². The van der Waals surface area contributed by atoms with Gasteiger partial charge in [0.1, 0.15) is 0 Å². The average molecular weight is 217 g/mol. The van der Waals surface area contributed by atoms with Gasteiger partial charge in [-0.1, -0.05) is 0 Å². The highest BCUT2D eigenvalue weighted by Gasteiger charge is 2.17. The molecule has 0 saturated carbocycles.